The zero-order valence-electron chi connectivity index (χ0n) is 27.1. The third-order valence-electron chi connectivity index (χ3n) is 10.6. The number of fused-ring (bicyclic) bond motifs is 5. The van der Waals surface area contributed by atoms with Crippen LogP contribution in [-0.4, -0.2) is 112 Å². The van der Waals surface area contributed by atoms with E-state index in [-0.39, 0.29) is 36.1 Å². The van der Waals surface area contributed by atoms with E-state index in [0.29, 0.717) is 38.6 Å². The van der Waals surface area contributed by atoms with E-state index >= 15 is 0 Å². The van der Waals surface area contributed by atoms with Crippen molar-refractivity contribution in [3.8, 4) is 0 Å². The Morgan fingerprint density at radius 1 is 1.15 bits per heavy atom. The summed E-state index contributed by atoms with van der Waals surface area (Å²) in [4.78, 5) is 50.4. The molecule has 3 amide bonds. The zero-order chi connectivity index (χ0) is 34.2. The first-order valence-electron chi connectivity index (χ1n) is 16.3. The molecule has 4 saturated heterocycles. The predicted molar refractivity (Wildman–Crippen MR) is 175 cm³/mol. The number of aromatic amines is 1. The minimum Gasteiger partial charge on any atom is -0.361 e. The fourth-order valence-electron chi connectivity index (χ4n) is 8.65. The Balaban J connectivity index is 0.000000681. The maximum Gasteiger partial charge on any atom is 0.280 e. The highest BCUT2D eigenvalue weighted by Crippen LogP contribution is 2.47. The molecule has 14 heteroatoms. The van der Waals surface area contributed by atoms with E-state index in [1.165, 1.54) is 28.3 Å². The van der Waals surface area contributed by atoms with Gasteiger partial charge in [-0.15, -0.1) is 0 Å². The first kappa shape index (κ1) is 32.7. The molecule has 3 aromatic rings. The summed E-state index contributed by atoms with van der Waals surface area (Å²) < 4.78 is 32.1. The lowest BCUT2D eigenvalue weighted by Gasteiger charge is -2.48. The van der Waals surface area contributed by atoms with Crippen LogP contribution in [0.4, 0.5) is 0 Å². The van der Waals surface area contributed by atoms with Gasteiger partial charge in [-0.05, 0) is 62.4 Å². The Kier molecular flexibility index (Phi) is 7.94. The molecule has 8 rings (SSSR count). The molecule has 4 fully saturated rings. The van der Waals surface area contributed by atoms with Gasteiger partial charge >= 0.3 is 0 Å². The number of nitrogens with zero attached hydrogens (tertiary/aromatic N) is 3. The molecular formula is C34H41N5O8S. The van der Waals surface area contributed by atoms with Crippen molar-refractivity contribution in [2.45, 2.75) is 74.7 Å². The highest BCUT2D eigenvalue weighted by Gasteiger charge is 2.70. The lowest BCUT2D eigenvalue weighted by atomic mass is 9.72. The number of likely N-dealkylation sites (N-methyl/N-ethyl adjacent to an activating group) is 1. The van der Waals surface area contributed by atoms with Crippen molar-refractivity contribution in [3.63, 3.8) is 0 Å². The van der Waals surface area contributed by atoms with E-state index in [1.54, 1.807) is 4.90 Å². The molecule has 4 aliphatic heterocycles. The molecular weight excluding hydrogens is 638 g/mol. The lowest BCUT2D eigenvalue weighted by Crippen LogP contribution is -2.71. The second-order valence-electron chi connectivity index (χ2n) is 13.9. The van der Waals surface area contributed by atoms with Crippen LogP contribution < -0.4 is 5.32 Å². The molecule has 0 bridgehead atoms. The second-order valence-corrected chi connectivity index (χ2v) is 15.4. The molecule has 1 aliphatic carbocycles. The van der Waals surface area contributed by atoms with Crippen LogP contribution in [0.25, 0.3) is 10.9 Å². The van der Waals surface area contributed by atoms with Crippen LogP contribution in [0.15, 0.2) is 54.7 Å². The highest BCUT2D eigenvalue weighted by atomic mass is 32.2. The van der Waals surface area contributed by atoms with Gasteiger partial charge in [0.2, 0.25) is 17.5 Å². The van der Waals surface area contributed by atoms with E-state index in [1.807, 2.05) is 30.3 Å². The SMILES string of the molecule is CN1C[C@H](C(=O)N[C@]2(C)OC3(O)[C@@H]4CCCN4C(=O)[C@H](Cc4ccccc4)N3C2=O)CC2c3cccc4[nH]cc(c34)C[C@H]21.CS(=O)(=O)O. The number of hydrogen-bond acceptors (Lipinski definition) is 8. The van der Waals surface area contributed by atoms with Crippen LogP contribution in [0.2, 0.25) is 0 Å². The summed E-state index contributed by atoms with van der Waals surface area (Å²) in [5.74, 6) is -3.31. The Morgan fingerprint density at radius 3 is 2.60 bits per heavy atom. The average molecular weight is 680 g/mol. The number of H-pyrrole nitrogens is 1. The first-order chi connectivity index (χ1) is 22.7. The zero-order valence-corrected chi connectivity index (χ0v) is 27.9. The molecule has 2 aromatic carbocycles. The molecule has 2 unspecified atom stereocenters. The maximum atomic E-state index is 14.2. The lowest BCUT2D eigenvalue weighted by molar-refractivity contribution is -0.315. The summed E-state index contributed by atoms with van der Waals surface area (Å²) in [6.07, 6.45) is 5.84. The van der Waals surface area contributed by atoms with Gasteiger partial charge in [0, 0.05) is 48.6 Å². The van der Waals surface area contributed by atoms with Crippen LogP contribution in [0.1, 0.15) is 48.8 Å². The molecule has 7 atom stereocenters. The Bertz CT molecular complexity index is 1880. The highest BCUT2D eigenvalue weighted by molar-refractivity contribution is 7.85. The molecule has 0 radical (unpaired) electrons. The van der Waals surface area contributed by atoms with Crippen LogP contribution in [0.5, 0.6) is 0 Å². The Hall–Kier alpha value is -3.82. The molecule has 48 heavy (non-hydrogen) atoms. The number of rotatable bonds is 4. The van der Waals surface area contributed by atoms with Gasteiger partial charge in [0.1, 0.15) is 12.1 Å². The van der Waals surface area contributed by atoms with E-state index in [0.717, 1.165) is 17.5 Å². The van der Waals surface area contributed by atoms with E-state index in [2.05, 4.69) is 46.6 Å². The monoisotopic (exact) mass is 679 g/mol. The quantitative estimate of drug-likeness (QED) is 0.299. The summed E-state index contributed by atoms with van der Waals surface area (Å²) in [6.45, 7) is 2.56. The topological polar surface area (TPSA) is 173 Å². The number of benzene rings is 2. The van der Waals surface area contributed by atoms with E-state index in [4.69, 9.17) is 9.29 Å². The van der Waals surface area contributed by atoms with E-state index in [9.17, 15) is 27.9 Å². The van der Waals surface area contributed by atoms with Crippen LogP contribution in [0.3, 0.4) is 0 Å². The van der Waals surface area contributed by atoms with Crippen LogP contribution in [-0.2, 0) is 42.1 Å². The molecule has 1 aromatic heterocycles. The normalized spacial score (nSPS) is 32.7. The maximum absolute atomic E-state index is 14.2. The minimum atomic E-state index is -3.67. The van der Waals surface area contributed by atoms with Gasteiger partial charge < -0.3 is 25.2 Å². The number of ether oxygens (including phenoxy) is 1. The Morgan fingerprint density at radius 2 is 1.88 bits per heavy atom. The van der Waals surface area contributed by atoms with Crippen molar-refractivity contribution in [3.05, 3.63) is 71.4 Å². The van der Waals surface area contributed by atoms with Crippen molar-refractivity contribution in [1.29, 1.82) is 0 Å². The van der Waals surface area contributed by atoms with Crippen molar-refractivity contribution in [1.82, 2.24) is 25.0 Å². The number of amides is 3. The van der Waals surface area contributed by atoms with E-state index < -0.39 is 39.7 Å². The number of hydrogen-bond donors (Lipinski definition) is 4. The molecule has 13 nitrogen and oxygen atoms in total. The van der Waals surface area contributed by atoms with Gasteiger partial charge in [-0.1, -0.05) is 42.5 Å². The van der Waals surface area contributed by atoms with Crippen LogP contribution >= 0.6 is 0 Å². The fraction of sp³-hybridized carbons (Fsp3) is 0.500. The third kappa shape index (κ3) is 5.49. The summed E-state index contributed by atoms with van der Waals surface area (Å²) in [5.41, 5.74) is 2.74. The first-order valence-corrected chi connectivity index (χ1v) is 18.2. The number of nitrogens with one attached hydrogen (secondary N) is 2. The van der Waals surface area contributed by atoms with Gasteiger partial charge in [-0.3, -0.25) is 28.6 Å². The molecule has 5 heterocycles. The third-order valence-corrected chi connectivity index (χ3v) is 10.6. The molecule has 0 spiro atoms. The summed E-state index contributed by atoms with van der Waals surface area (Å²) >= 11 is 0. The summed E-state index contributed by atoms with van der Waals surface area (Å²) in [5, 5.41) is 16.2. The smallest absolute Gasteiger partial charge is 0.280 e. The number of piperidine rings is 1. The van der Waals surface area contributed by atoms with Crippen molar-refractivity contribution < 1.29 is 37.2 Å². The van der Waals surface area contributed by atoms with Crippen molar-refractivity contribution in [2.24, 2.45) is 5.92 Å². The predicted octanol–water partition coefficient (Wildman–Crippen LogP) is 1.59. The fourth-order valence-corrected chi connectivity index (χ4v) is 8.65. The van der Waals surface area contributed by atoms with Gasteiger partial charge in [-0.25, -0.2) is 0 Å². The number of carbonyl (C=O) groups excluding carboxylic acids is 3. The van der Waals surface area contributed by atoms with Crippen molar-refractivity contribution in [2.75, 3.05) is 26.4 Å². The number of aromatic nitrogens is 1. The number of carbonyl (C=O) groups is 3. The number of likely N-dealkylation sites (tertiary alicyclic amines) is 1. The molecule has 256 valence electrons. The van der Waals surface area contributed by atoms with Gasteiger partial charge in [-0.2, -0.15) is 8.42 Å². The largest absolute Gasteiger partial charge is 0.361 e. The van der Waals surface area contributed by atoms with Crippen molar-refractivity contribution >= 4 is 38.7 Å². The summed E-state index contributed by atoms with van der Waals surface area (Å²) in [6, 6.07) is 14.4. The molecule has 4 N–H and O–H groups in total. The number of piperazine rings is 1. The second kappa shape index (κ2) is 11.7. The van der Waals surface area contributed by atoms with Gasteiger partial charge in [0.15, 0.2) is 0 Å². The van der Waals surface area contributed by atoms with Gasteiger partial charge in [0.25, 0.3) is 21.9 Å². The standard InChI is InChI=1S/C33H37N5O5.CH4O3S/c1-32(35-29(39)21-15-23-22-10-6-11-24-28(22)20(17-34-24)16-25(23)36(2)18-21)31(41)38-26(14-19-8-4-3-5-9-19)30(40)37-13-7-12-27(37)33(38,42)43-32;1-5(2,3)4/h3-6,8-11,17,21,23,25-27,34,42H,7,12-16,18H2,1-2H3,(H,35,39);1H3,(H,2,3,4)/t21-,23?,25-,26+,27+,32-,33?;/m1./s1. The average Bonchev–Trinajstić information content (AvgIpc) is 3.73. The summed E-state index contributed by atoms with van der Waals surface area (Å²) in [7, 11) is -1.61. The van der Waals surface area contributed by atoms with Crippen LogP contribution in [0, 0.1) is 5.92 Å². The molecule has 0 saturated carbocycles. The Labute approximate surface area is 279 Å². The minimum absolute atomic E-state index is 0.171. The molecule has 5 aliphatic rings. The number of aliphatic hydroxyl groups is 1. The van der Waals surface area contributed by atoms with Gasteiger partial charge in [0.05, 0.1) is 12.2 Å².